The minimum Gasteiger partial charge on any atom is -0.491 e. The smallest absolute Gasteiger partial charge is 0.355 e. The van der Waals surface area contributed by atoms with Crippen LogP contribution in [0.25, 0.3) is 12.2 Å². The van der Waals surface area contributed by atoms with Crippen LogP contribution in [0.3, 0.4) is 0 Å². The van der Waals surface area contributed by atoms with Crippen LogP contribution in [0.1, 0.15) is 39.8 Å². The monoisotopic (exact) mass is 303 g/mol. The summed E-state index contributed by atoms with van der Waals surface area (Å²) in [6, 6.07) is 7.73. The summed E-state index contributed by atoms with van der Waals surface area (Å²) < 4.78 is 5.64. The third kappa shape index (κ3) is 4.16. The second kappa shape index (κ2) is 6.54. The number of carbonyl (C=O) groups is 1. The van der Waals surface area contributed by atoms with Crippen molar-refractivity contribution in [3.05, 3.63) is 45.4 Å². The molecule has 1 heterocycles. The summed E-state index contributed by atoms with van der Waals surface area (Å²) in [5, 5.41) is 9.67. The maximum atomic E-state index is 11.0. The van der Waals surface area contributed by atoms with E-state index in [0.29, 0.717) is 9.88 Å². The topological polar surface area (TPSA) is 59.4 Å². The molecule has 0 spiro atoms. The number of hydrogen-bond donors (Lipinski definition) is 1. The number of hydrogen-bond acceptors (Lipinski definition) is 4. The molecule has 0 amide bonds. The molecule has 0 aliphatic carbocycles. The van der Waals surface area contributed by atoms with Gasteiger partial charge in [-0.25, -0.2) is 9.78 Å². The van der Waals surface area contributed by atoms with E-state index >= 15 is 0 Å². The zero-order valence-corrected chi connectivity index (χ0v) is 13.0. The molecule has 0 aliphatic rings. The minimum atomic E-state index is -0.990. The third-order valence-electron chi connectivity index (χ3n) is 2.66. The molecule has 0 atom stereocenters. The van der Waals surface area contributed by atoms with Gasteiger partial charge in [0.05, 0.1) is 6.10 Å². The van der Waals surface area contributed by atoms with Gasteiger partial charge in [-0.05, 0) is 44.5 Å². The van der Waals surface area contributed by atoms with Gasteiger partial charge in [0.15, 0.2) is 5.69 Å². The molecule has 110 valence electrons. The van der Waals surface area contributed by atoms with Crippen molar-refractivity contribution in [3.8, 4) is 5.75 Å². The van der Waals surface area contributed by atoms with Crippen LogP contribution in [0.4, 0.5) is 0 Å². The molecular formula is C16H17NO3S. The van der Waals surface area contributed by atoms with Crippen LogP contribution in [-0.2, 0) is 0 Å². The van der Waals surface area contributed by atoms with E-state index in [1.54, 1.807) is 6.92 Å². The van der Waals surface area contributed by atoms with Gasteiger partial charge in [-0.3, -0.25) is 0 Å². The number of carboxylic acid groups (broad SMARTS) is 1. The Balaban J connectivity index is 2.17. The van der Waals surface area contributed by atoms with E-state index in [-0.39, 0.29) is 11.8 Å². The number of ether oxygens (including phenoxy) is 1. The zero-order valence-electron chi connectivity index (χ0n) is 12.2. The zero-order chi connectivity index (χ0) is 15.4. The Labute approximate surface area is 127 Å². The molecule has 2 aromatic rings. The highest BCUT2D eigenvalue weighted by molar-refractivity contribution is 7.12. The van der Waals surface area contributed by atoms with E-state index in [0.717, 1.165) is 11.3 Å². The predicted molar refractivity (Wildman–Crippen MR) is 84.9 cm³/mol. The lowest BCUT2D eigenvalue weighted by atomic mass is 10.2. The molecule has 5 heteroatoms. The van der Waals surface area contributed by atoms with Crippen molar-refractivity contribution in [2.75, 3.05) is 0 Å². The maximum Gasteiger partial charge on any atom is 0.355 e. The molecule has 0 bridgehead atoms. The summed E-state index contributed by atoms with van der Waals surface area (Å²) in [5.74, 6) is -0.176. The summed E-state index contributed by atoms with van der Waals surface area (Å²) in [5.41, 5.74) is 1.11. The number of carboxylic acids is 1. The van der Waals surface area contributed by atoms with Gasteiger partial charge in [0.2, 0.25) is 0 Å². The summed E-state index contributed by atoms with van der Waals surface area (Å²) in [6.45, 7) is 5.72. The van der Waals surface area contributed by atoms with Gasteiger partial charge < -0.3 is 9.84 Å². The summed E-state index contributed by atoms with van der Waals surface area (Å²) in [6.07, 6.45) is 3.85. The molecule has 0 fully saturated rings. The van der Waals surface area contributed by atoms with Crippen LogP contribution in [0.15, 0.2) is 24.3 Å². The number of thiazole rings is 1. The summed E-state index contributed by atoms with van der Waals surface area (Å²) in [7, 11) is 0. The van der Waals surface area contributed by atoms with E-state index in [1.807, 2.05) is 50.3 Å². The first-order valence-electron chi connectivity index (χ1n) is 6.61. The molecule has 21 heavy (non-hydrogen) atoms. The van der Waals surface area contributed by atoms with Gasteiger partial charge in [-0.1, -0.05) is 18.2 Å². The molecule has 2 rings (SSSR count). The SMILES string of the molecule is Cc1sc(/C=C/c2cccc(OC(C)C)c2)nc1C(=O)O. The first-order chi connectivity index (χ1) is 9.95. The van der Waals surface area contributed by atoms with Crippen molar-refractivity contribution in [1.29, 1.82) is 0 Å². The molecule has 0 aliphatic heterocycles. The van der Waals surface area contributed by atoms with Gasteiger partial charge in [0.25, 0.3) is 0 Å². The predicted octanol–water partition coefficient (Wildman–Crippen LogP) is 4.11. The van der Waals surface area contributed by atoms with Crippen molar-refractivity contribution in [2.24, 2.45) is 0 Å². The molecule has 1 N–H and O–H groups in total. The van der Waals surface area contributed by atoms with E-state index in [2.05, 4.69) is 4.98 Å². The van der Waals surface area contributed by atoms with Crippen LogP contribution < -0.4 is 4.74 Å². The number of nitrogens with zero attached hydrogens (tertiary/aromatic N) is 1. The van der Waals surface area contributed by atoms with Crippen molar-refractivity contribution >= 4 is 29.5 Å². The Bertz CT molecular complexity index is 674. The highest BCUT2D eigenvalue weighted by atomic mass is 32.1. The highest BCUT2D eigenvalue weighted by Crippen LogP contribution is 2.21. The van der Waals surface area contributed by atoms with Gasteiger partial charge in [0, 0.05) is 4.88 Å². The second-order valence-corrected chi connectivity index (χ2v) is 6.07. The fourth-order valence-corrected chi connectivity index (χ4v) is 2.63. The number of aromatic carboxylic acids is 1. The number of benzene rings is 1. The van der Waals surface area contributed by atoms with Gasteiger partial charge in [-0.15, -0.1) is 11.3 Å². The van der Waals surface area contributed by atoms with Crippen LogP contribution in [0.5, 0.6) is 5.75 Å². The van der Waals surface area contributed by atoms with Gasteiger partial charge >= 0.3 is 5.97 Å². The van der Waals surface area contributed by atoms with Crippen LogP contribution in [0.2, 0.25) is 0 Å². The Morgan fingerprint density at radius 2 is 2.14 bits per heavy atom. The molecular weight excluding hydrogens is 286 g/mol. The van der Waals surface area contributed by atoms with E-state index in [9.17, 15) is 4.79 Å². The minimum absolute atomic E-state index is 0.122. The molecule has 4 nitrogen and oxygen atoms in total. The number of aromatic nitrogens is 1. The average Bonchev–Trinajstić information content (AvgIpc) is 2.77. The van der Waals surface area contributed by atoms with Gasteiger partial charge in [-0.2, -0.15) is 0 Å². The van der Waals surface area contributed by atoms with E-state index in [1.165, 1.54) is 11.3 Å². The van der Waals surface area contributed by atoms with E-state index in [4.69, 9.17) is 9.84 Å². The average molecular weight is 303 g/mol. The van der Waals surface area contributed by atoms with Crippen molar-refractivity contribution in [2.45, 2.75) is 26.9 Å². The lowest BCUT2D eigenvalue weighted by molar-refractivity contribution is 0.0690. The fraction of sp³-hybridized carbons (Fsp3) is 0.250. The number of rotatable bonds is 5. The standard InChI is InChI=1S/C16H17NO3S/c1-10(2)20-13-6-4-5-12(9-13)7-8-14-17-15(16(18)19)11(3)21-14/h4-10H,1-3H3,(H,18,19)/b8-7+. The second-order valence-electron chi connectivity index (χ2n) is 4.83. The molecule has 0 radical (unpaired) electrons. The Kier molecular flexibility index (Phi) is 4.75. The van der Waals surface area contributed by atoms with Gasteiger partial charge in [0.1, 0.15) is 10.8 Å². The van der Waals surface area contributed by atoms with Crippen LogP contribution in [-0.4, -0.2) is 22.2 Å². The molecule has 1 aromatic heterocycles. The fourth-order valence-electron chi connectivity index (χ4n) is 1.82. The third-order valence-corrected chi connectivity index (χ3v) is 3.60. The molecule has 0 saturated heterocycles. The van der Waals surface area contributed by atoms with E-state index < -0.39 is 5.97 Å². The highest BCUT2D eigenvalue weighted by Gasteiger charge is 2.12. The number of aryl methyl sites for hydroxylation is 1. The van der Waals surface area contributed by atoms with Crippen LogP contribution >= 0.6 is 11.3 Å². The Morgan fingerprint density at radius 1 is 1.38 bits per heavy atom. The molecule has 1 aromatic carbocycles. The van der Waals surface area contributed by atoms with Crippen molar-refractivity contribution in [3.63, 3.8) is 0 Å². The first-order valence-corrected chi connectivity index (χ1v) is 7.43. The normalized spacial score (nSPS) is 11.2. The summed E-state index contributed by atoms with van der Waals surface area (Å²) in [4.78, 5) is 15.8. The maximum absolute atomic E-state index is 11.0. The largest absolute Gasteiger partial charge is 0.491 e. The van der Waals surface area contributed by atoms with Crippen molar-refractivity contribution in [1.82, 2.24) is 4.98 Å². The Morgan fingerprint density at radius 3 is 2.76 bits per heavy atom. The molecule has 0 unspecified atom stereocenters. The van der Waals surface area contributed by atoms with Crippen LogP contribution in [0, 0.1) is 6.92 Å². The lowest BCUT2D eigenvalue weighted by Gasteiger charge is -2.09. The Hall–Kier alpha value is -2.14. The molecule has 0 saturated carbocycles. The first kappa shape index (κ1) is 15.3. The lowest BCUT2D eigenvalue weighted by Crippen LogP contribution is -2.05. The summed E-state index contributed by atoms with van der Waals surface area (Å²) >= 11 is 1.37. The quantitative estimate of drug-likeness (QED) is 0.903. The van der Waals surface area contributed by atoms with Crippen molar-refractivity contribution < 1.29 is 14.6 Å².